The molecule has 0 radical (unpaired) electrons. The number of methoxy groups -OCH3 is 1. The number of nitrogens with two attached hydrogens (primary N) is 1. The predicted octanol–water partition coefficient (Wildman–Crippen LogP) is 1.07. The van der Waals surface area contributed by atoms with Crippen LogP contribution in [-0.4, -0.2) is 64.5 Å². The summed E-state index contributed by atoms with van der Waals surface area (Å²) in [5.74, 6) is -0.124. The molecular formula is C14H25BrN3O4-. The number of rotatable bonds is 5. The average Bonchev–Trinajstić information content (AvgIpc) is 2.50. The zero-order valence-electron chi connectivity index (χ0n) is 12.9. The number of ether oxygens (including phenoxy) is 1. The molecule has 7 nitrogen and oxygen atoms in total. The van der Waals surface area contributed by atoms with Crippen LogP contribution < -0.4 is 5.73 Å². The molecule has 3 N–H and O–H groups in total. The lowest BCUT2D eigenvalue weighted by atomic mass is 9.81. The lowest BCUT2D eigenvalue weighted by Gasteiger charge is -2.42. The van der Waals surface area contributed by atoms with E-state index < -0.39 is 6.04 Å². The Labute approximate surface area is 139 Å². The van der Waals surface area contributed by atoms with Gasteiger partial charge in [0.05, 0.1) is 18.8 Å². The fourth-order valence-corrected chi connectivity index (χ4v) is 4.08. The third-order valence-electron chi connectivity index (χ3n) is 4.83. The van der Waals surface area contributed by atoms with Gasteiger partial charge in [0.1, 0.15) is 5.78 Å². The standard InChI is InChI=1S/C14H25BrN3O4/c1-22-13-4-2-9(6-11(13)18(20)21)12(19)8-17-7-10(15)3-5-14(17)16/h9-11,13-14,20H,2-8,16H2,1H3/q-1. The van der Waals surface area contributed by atoms with Gasteiger partial charge in [-0.3, -0.25) is 14.9 Å². The second kappa shape index (κ2) is 8.14. The number of piperidine rings is 1. The number of halogens is 1. The molecule has 1 aliphatic carbocycles. The second-order valence-electron chi connectivity index (χ2n) is 6.29. The normalized spacial score (nSPS) is 37.5. The zero-order chi connectivity index (χ0) is 16.3. The highest BCUT2D eigenvalue weighted by Gasteiger charge is 2.36. The maximum atomic E-state index is 12.5. The van der Waals surface area contributed by atoms with Gasteiger partial charge in [-0.15, -0.1) is 0 Å². The molecule has 0 bridgehead atoms. The molecule has 1 heterocycles. The summed E-state index contributed by atoms with van der Waals surface area (Å²) in [6.45, 7) is 1.07. The molecule has 1 saturated heterocycles. The fourth-order valence-electron chi connectivity index (χ4n) is 3.45. The number of alkyl halides is 1. The average molecular weight is 379 g/mol. The Hall–Kier alpha value is -0.0900. The highest BCUT2D eigenvalue weighted by molar-refractivity contribution is 9.09. The van der Waals surface area contributed by atoms with Crippen LogP contribution >= 0.6 is 15.9 Å². The van der Waals surface area contributed by atoms with E-state index in [0.717, 1.165) is 19.4 Å². The molecule has 1 aliphatic heterocycles. The lowest BCUT2D eigenvalue weighted by molar-refractivity contribution is -0.148. The summed E-state index contributed by atoms with van der Waals surface area (Å²) in [4.78, 5) is 14.9. The third-order valence-corrected chi connectivity index (χ3v) is 5.58. The fraction of sp³-hybridized carbons (Fsp3) is 0.929. The van der Waals surface area contributed by atoms with E-state index in [1.54, 1.807) is 0 Å². The van der Waals surface area contributed by atoms with Crippen molar-refractivity contribution in [2.24, 2.45) is 11.7 Å². The molecule has 1 saturated carbocycles. The van der Waals surface area contributed by atoms with E-state index in [1.807, 2.05) is 4.90 Å². The maximum absolute atomic E-state index is 12.5. The molecule has 0 aromatic carbocycles. The van der Waals surface area contributed by atoms with Gasteiger partial charge >= 0.3 is 0 Å². The molecule has 5 atom stereocenters. The smallest absolute Gasteiger partial charge is 0.150 e. The van der Waals surface area contributed by atoms with Crippen molar-refractivity contribution in [3.8, 4) is 0 Å². The molecule has 0 spiro atoms. The van der Waals surface area contributed by atoms with Crippen LogP contribution in [0.5, 0.6) is 0 Å². The number of ketones is 1. The Morgan fingerprint density at radius 1 is 1.45 bits per heavy atom. The van der Waals surface area contributed by atoms with Gasteiger partial charge < -0.3 is 20.9 Å². The minimum absolute atomic E-state index is 0.0608. The number of Topliss-reactive ketones (excluding diaryl/α,β-unsaturated/α-hetero) is 1. The number of carbonyl (C=O) groups excluding carboxylic acids is 1. The van der Waals surface area contributed by atoms with Crippen LogP contribution in [0, 0.1) is 11.1 Å². The SMILES string of the molecule is COC1CCC(C(=O)CN2CC(Br)CCC2N)CC1N([O-])O. The van der Waals surface area contributed by atoms with Crippen molar-refractivity contribution < 1.29 is 14.7 Å². The minimum atomic E-state index is -0.674. The Morgan fingerprint density at radius 2 is 2.18 bits per heavy atom. The number of hydrogen-bond donors (Lipinski definition) is 2. The van der Waals surface area contributed by atoms with Crippen LogP contribution in [0.25, 0.3) is 0 Å². The lowest BCUT2D eigenvalue weighted by Crippen LogP contribution is -2.52. The maximum Gasteiger partial charge on any atom is 0.150 e. The number of hydroxylamine groups is 2. The molecule has 0 aromatic rings. The summed E-state index contributed by atoms with van der Waals surface area (Å²) < 4.78 is 5.22. The van der Waals surface area contributed by atoms with Gasteiger partial charge in [0.25, 0.3) is 0 Å². The highest BCUT2D eigenvalue weighted by atomic mass is 79.9. The van der Waals surface area contributed by atoms with Crippen molar-refractivity contribution in [2.45, 2.75) is 55.2 Å². The highest BCUT2D eigenvalue weighted by Crippen LogP contribution is 2.30. The van der Waals surface area contributed by atoms with Crippen molar-refractivity contribution in [3.05, 3.63) is 5.21 Å². The molecule has 0 aromatic heterocycles. The monoisotopic (exact) mass is 378 g/mol. The van der Waals surface area contributed by atoms with Crippen LogP contribution in [0.4, 0.5) is 0 Å². The third kappa shape index (κ3) is 4.47. The van der Waals surface area contributed by atoms with E-state index >= 15 is 0 Å². The Morgan fingerprint density at radius 3 is 2.82 bits per heavy atom. The van der Waals surface area contributed by atoms with Crippen molar-refractivity contribution in [1.29, 1.82) is 0 Å². The number of likely N-dealkylation sites (tertiary alicyclic amines) is 1. The summed E-state index contributed by atoms with van der Waals surface area (Å²) >= 11 is 3.58. The zero-order valence-corrected chi connectivity index (χ0v) is 14.4. The first-order chi connectivity index (χ1) is 10.4. The van der Waals surface area contributed by atoms with Crippen LogP contribution in [0.15, 0.2) is 0 Å². The van der Waals surface area contributed by atoms with Gasteiger partial charge in [-0.1, -0.05) is 15.9 Å². The molecule has 5 unspecified atom stereocenters. The first-order valence-electron chi connectivity index (χ1n) is 7.76. The summed E-state index contributed by atoms with van der Waals surface area (Å²) in [5.41, 5.74) is 6.07. The van der Waals surface area contributed by atoms with Gasteiger partial charge in [0, 0.05) is 30.4 Å². The van der Waals surface area contributed by atoms with E-state index in [-0.39, 0.29) is 29.2 Å². The van der Waals surface area contributed by atoms with Crippen LogP contribution in [0.3, 0.4) is 0 Å². The summed E-state index contributed by atoms with van der Waals surface area (Å²) in [5, 5.41) is 20.4. The van der Waals surface area contributed by atoms with Crippen molar-refractivity contribution >= 4 is 21.7 Å². The van der Waals surface area contributed by atoms with Gasteiger partial charge in [0.15, 0.2) is 0 Å². The summed E-state index contributed by atoms with van der Waals surface area (Å²) in [6, 6.07) is -0.674. The number of carbonyl (C=O) groups is 1. The largest absolute Gasteiger partial charge is 0.762 e. The van der Waals surface area contributed by atoms with E-state index in [4.69, 9.17) is 10.5 Å². The van der Waals surface area contributed by atoms with Crippen molar-refractivity contribution in [3.63, 3.8) is 0 Å². The van der Waals surface area contributed by atoms with Gasteiger partial charge in [-0.25, -0.2) is 0 Å². The van der Waals surface area contributed by atoms with E-state index in [0.29, 0.717) is 30.6 Å². The Kier molecular flexibility index (Phi) is 6.75. The molecule has 22 heavy (non-hydrogen) atoms. The first-order valence-corrected chi connectivity index (χ1v) is 8.68. The second-order valence-corrected chi connectivity index (χ2v) is 7.59. The quantitative estimate of drug-likeness (QED) is 0.544. The molecule has 8 heteroatoms. The van der Waals surface area contributed by atoms with E-state index in [9.17, 15) is 15.2 Å². The number of hydrogen-bond acceptors (Lipinski definition) is 7. The predicted molar refractivity (Wildman–Crippen MR) is 85.4 cm³/mol. The van der Waals surface area contributed by atoms with Crippen LogP contribution in [-0.2, 0) is 9.53 Å². The summed E-state index contributed by atoms with van der Waals surface area (Å²) in [6.07, 6.45) is 3.09. The van der Waals surface area contributed by atoms with Crippen LogP contribution in [0.1, 0.15) is 32.1 Å². The van der Waals surface area contributed by atoms with Gasteiger partial charge in [0.2, 0.25) is 0 Å². The molecule has 0 amide bonds. The van der Waals surface area contributed by atoms with Crippen LogP contribution in [0.2, 0.25) is 0 Å². The Balaban J connectivity index is 1.92. The topological polar surface area (TPSA) is 102 Å². The van der Waals surface area contributed by atoms with Gasteiger partial charge in [-0.05, 0) is 32.1 Å². The van der Waals surface area contributed by atoms with Gasteiger partial charge in [-0.2, -0.15) is 0 Å². The molecular weight excluding hydrogens is 354 g/mol. The van der Waals surface area contributed by atoms with E-state index in [1.165, 1.54) is 7.11 Å². The van der Waals surface area contributed by atoms with Crippen molar-refractivity contribution in [2.75, 3.05) is 20.2 Å². The van der Waals surface area contributed by atoms with E-state index in [2.05, 4.69) is 15.9 Å². The molecule has 2 aliphatic rings. The molecule has 2 rings (SSSR count). The molecule has 2 fully saturated rings. The summed E-state index contributed by atoms with van der Waals surface area (Å²) in [7, 11) is 1.52. The van der Waals surface area contributed by atoms with Crippen molar-refractivity contribution in [1.82, 2.24) is 10.1 Å². The minimum Gasteiger partial charge on any atom is -0.762 e. The number of nitrogens with zero attached hydrogens (tertiary/aromatic N) is 2. The molecule has 128 valence electrons. The Bertz CT molecular complexity index is 385. The first kappa shape index (κ1) is 18.3.